The maximum Gasteiger partial charge on any atom is 0.129 e. The summed E-state index contributed by atoms with van der Waals surface area (Å²) in [5, 5.41) is 5.38. The smallest absolute Gasteiger partial charge is 0.129 e. The highest BCUT2D eigenvalue weighted by Crippen LogP contribution is 2.25. The molecule has 0 spiro atoms. The molecule has 3 rings (SSSR count). The first-order valence-corrected chi connectivity index (χ1v) is 6.67. The summed E-state index contributed by atoms with van der Waals surface area (Å²) in [6.45, 7) is 0. The van der Waals surface area contributed by atoms with E-state index in [2.05, 4.69) is 5.10 Å². The van der Waals surface area contributed by atoms with E-state index in [1.807, 2.05) is 31.3 Å². The van der Waals surface area contributed by atoms with Gasteiger partial charge in [-0.3, -0.25) is 4.68 Å². The highest BCUT2D eigenvalue weighted by molar-refractivity contribution is 5.82. The number of hydrogen-bond acceptors (Lipinski definition) is 2. The molecule has 0 amide bonds. The van der Waals surface area contributed by atoms with Gasteiger partial charge in [-0.1, -0.05) is 24.3 Å². The van der Waals surface area contributed by atoms with Crippen molar-refractivity contribution in [2.24, 2.45) is 12.8 Å². The minimum absolute atomic E-state index is 0.271. The Morgan fingerprint density at radius 1 is 1.19 bits per heavy atom. The Hall–Kier alpha value is -2.27. The Labute approximate surface area is 121 Å². The quantitative estimate of drug-likeness (QED) is 0.804. The van der Waals surface area contributed by atoms with Crippen molar-refractivity contribution in [2.75, 3.05) is 0 Å². The van der Waals surface area contributed by atoms with E-state index in [-0.39, 0.29) is 6.42 Å². The van der Waals surface area contributed by atoms with Gasteiger partial charge in [-0.05, 0) is 24.1 Å². The number of aromatic nitrogens is 2. The summed E-state index contributed by atoms with van der Waals surface area (Å²) in [7, 11) is 1.84. The fourth-order valence-corrected chi connectivity index (χ4v) is 2.54. The van der Waals surface area contributed by atoms with Crippen LogP contribution in [-0.2, 0) is 13.5 Å². The minimum Gasteiger partial charge on any atom is -0.322 e. The molecule has 0 saturated heterocycles. The van der Waals surface area contributed by atoms with Crippen LogP contribution in [0.3, 0.4) is 0 Å². The zero-order valence-corrected chi connectivity index (χ0v) is 11.6. The largest absolute Gasteiger partial charge is 0.322 e. The van der Waals surface area contributed by atoms with Crippen LogP contribution in [0, 0.1) is 11.6 Å². The van der Waals surface area contributed by atoms with Gasteiger partial charge >= 0.3 is 0 Å². The van der Waals surface area contributed by atoms with E-state index < -0.39 is 17.7 Å². The van der Waals surface area contributed by atoms with Crippen molar-refractivity contribution in [1.29, 1.82) is 0 Å². The van der Waals surface area contributed by atoms with Gasteiger partial charge in [-0.15, -0.1) is 0 Å². The van der Waals surface area contributed by atoms with E-state index in [1.165, 1.54) is 12.1 Å². The lowest BCUT2D eigenvalue weighted by Gasteiger charge is -2.10. The van der Waals surface area contributed by atoms with Gasteiger partial charge in [0.15, 0.2) is 0 Å². The standard InChI is InChI=1S/C16H15F2N3/c1-21-15-5-3-2-4-12(15)16(20-21)14(19)8-10-6-7-11(17)9-13(10)18/h2-7,9,14H,8,19H2,1H3. The molecule has 1 aromatic heterocycles. The van der Waals surface area contributed by atoms with Gasteiger partial charge < -0.3 is 5.73 Å². The van der Waals surface area contributed by atoms with Crippen molar-refractivity contribution in [2.45, 2.75) is 12.5 Å². The Balaban J connectivity index is 1.95. The van der Waals surface area contributed by atoms with Gasteiger partial charge in [-0.25, -0.2) is 8.78 Å². The monoisotopic (exact) mass is 287 g/mol. The highest BCUT2D eigenvalue weighted by Gasteiger charge is 2.17. The Kier molecular flexibility index (Phi) is 3.43. The average Bonchev–Trinajstić information content (AvgIpc) is 2.80. The van der Waals surface area contributed by atoms with Crippen LogP contribution in [0.15, 0.2) is 42.5 Å². The second-order valence-electron chi connectivity index (χ2n) is 5.07. The van der Waals surface area contributed by atoms with Crippen molar-refractivity contribution in [1.82, 2.24) is 9.78 Å². The molecular formula is C16H15F2N3. The molecule has 1 heterocycles. The Morgan fingerprint density at radius 2 is 1.95 bits per heavy atom. The van der Waals surface area contributed by atoms with Gasteiger partial charge in [0, 0.05) is 18.5 Å². The molecule has 0 radical (unpaired) electrons. The van der Waals surface area contributed by atoms with E-state index in [9.17, 15) is 8.78 Å². The van der Waals surface area contributed by atoms with Crippen LogP contribution in [0.4, 0.5) is 8.78 Å². The van der Waals surface area contributed by atoms with Crippen LogP contribution in [0.1, 0.15) is 17.3 Å². The summed E-state index contributed by atoms with van der Waals surface area (Å²) in [4.78, 5) is 0. The zero-order valence-electron chi connectivity index (χ0n) is 11.6. The SMILES string of the molecule is Cn1nc(C(N)Cc2ccc(F)cc2F)c2ccccc21. The summed E-state index contributed by atoms with van der Waals surface area (Å²) >= 11 is 0. The third-order valence-electron chi connectivity index (χ3n) is 3.59. The third-order valence-corrected chi connectivity index (χ3v) is 3.59. The topological polar surface area (TPSA) is 43.8 Å². The summed E-state index contributed by atoms with van der Waals surface area (Å²) in [5.74, 6) is -1.17. The minimum atomic E-state index is -0.590. The van der Waals surface area contributed by atoms with E-state index in [4.69, 9.17) is 5.73 Å². The Bertz CT molecular complexity index is 795. The van der Waals surface area contributed by atoms with Crippen LogP contribution < -0.4 is 5.73 Å². The molecule has 1 unspecified atom stereocenters. The van der Waals surface area contributed by atoms with Crippen LogP contribution in [-0.4, -0.2) is 9.78 Å². The van der Waals surface area contributed by atoms with Gasteiger partial charge in [0.05, 0.1) is 17.3 Å². The molecule has 0 fully saturated rings. The maximum absolute atomic E-state index is 13.7. The molecular weight excluding hydrogens is 272 g/mol. The van der Waals surface area contributed by atoms with Gasteiger partial charge in [0.1, 0.15) is 11.6 Å². The van der Waals surface area contributed by atoms with Crippen LogP contribution in [0.2, 0.25) is 0 Å². The van der Waals surface area contributed by atoms with Crippen molar-refractivity contribution in [3.05, 3.63) is 65.4 Å². The molecule has 1 atom stereocenters. The predicted octanol–water partition coefficient (Wildman–Crippen LogP) is 3.09. The number of halogens is 2. The van der Waals surface area contributed by atoms with Gasteiger partial charge in [0.25, 0.3) is 0 Å². The molecule has 2 N–H and O–H groups in total. The normalized spacial score (nSPS) is 12.8. The first kappa shape index (κ1) is 13.7. The fourth-order valence-electron chi connectivity index (χ4n) is 2.54. The lowest BCUT2D eigenvalue weighted by molar-refractivity contribution is 0.560. The number of rotatable bonds is 3. The summed E-state index contributed by atoms with van der Waals surface area (Å²) in [6, 6.07) is 10.8. The number of nitrogens with zero attached hydrogens (tertiary/aromatic N) is 2. The first-order valence-electron chi connectivity index (χ1n) is 6.67. The molecule has 0 bridgehead atoms. The predicted molar refractivity (Wildman–Crippen MR) is 77.7 cm³/mol. The molecule has 0 aliphatic rings. The molecule has 5 heteroatoms. The lowest BCUT2D eigenvalue weighted by Crippen LogP contribution is -2.15. The second-order valence-corrected chi connectivity index (χ2v) is 5.07. The van der Waals surface area contributed by atoms with Crippen molar-refractivity contribution < 1.29 is 8.78 Å². The molecule has 0 aliphatic heterocycles. The fraction of sp³-hybridized carbons (Fsp3) is 0.188. The summed E-state index contributed by atoms with van der Waals surface area (Å²) < 4.78 is 28.4. The van der Waals surface area contributed by atoms with Gasteiger partial charge in [-0.2, -0.15) is 5.10 Å². The average molecular weight is 287 g/mol. The summed E-state index contributed by atoms with van der Waals surface area (Å²) in [5.41, 5.74) is 8.26. The number of hydrogen-bond donors (Lipinski definition) is 1. The van der Waals surface area contributed by atoms with E-state index in [0.29, 0.717) is 5.56 Å². The number of aryl methyl sites for hydroxylation is 1. The molecule has 108 valence electrons. The molecule has 0 saturated carbocycles. The number of benzene rings is 2. The summed E-state index contributed by atoms with van der Waals surface area (Å²) in [6.07, 6.45) is 0.271. The second kappa shape index (κ2) is 5.26. The molecule has 0 aliphatic carbocycles. The van der Waals surface area contributed by atoms with Crippen molar-refractivity contribution in [3.8, 4) is 0 Å². The molecule has 3 nitrogen and oxygen atoms in total. The molecule has 21 heavy (non-hydrogen) atoms. The third kappa shape index (κ3) is 2.52. The van der Waals surface area contributed by atoms with Crippen LogP contribution >= 0.6 is 0 Å². The van der Waals surface area contributed by atoms with Crippen LogP contribution in [0.5, 0.6) is 0 Å². The number of nitrogens with two attached hydrogens (primary N) is 1. The van der Waals surface area contributed by atoms with Crippen molar-refractivity contribution in [3.63, 3.8) is 0 Å². The van der Waals surface area contributed by atoms with E-state index in [0.717, 1.165) is 22.7 Å². The Morgan fingerprint density at radius 3 is 2.71 bits per heavy atom. The van der Waals surface area contributed by atoms with Crippen LogP contribution in [0.25, 0.3) is 10.9 Å². The zero-order chi connectivity index (χ0) is 15.0. The van der Waals surface area contributed by atoms with E-state index >= 15 is 0 Å². The molecule has 2 aromatic carbocycles. The lowest BCUT2D eigenvalue weighted by atomic mass is 10.0. The van der Waals surface area contributed by atoms with Crippen molar-refractivity contribution >= 4 is 10.9 Å². The van der Waals surface area contributed by atoms with E-state index in [1.54, 1.807) is 4.68 Å². The molecule has 3 aromatic rings. The maximum atomic E-state index is 13.7. The van der Waals surface area contributed by atoms with Gasteiger partial charge in [0.2, 0.25) is 0 Å². The number of fused-ring (bicyclic) bond motifs is 1. The number of para-hydroxylation sites is 1. The first-order chi connectivity index (χ1) is 10.1. The highest BCUT2D eigenvalue weighted by atomic mass is 19.1.